The van der Waals surface area contributed by atoms with Gasteiger partial charge in [-0.15, -0.1) is 0 Å². The van der Waals surface area contributed by atoms with Crippen molar-refractivity contribution >= 4 is 5.97 Å². The van der Waals surface area contributed by atoms with Crippen molar-refractivity contribution in [3.63, 3.8) is 0 Å². The van der Waals surface area contributed by atoms with E-state index >= 15 is 0 Å². The van der Waals surface area contributed by atoms with E-state index in [1.807, 2.05) is 24.3 Å². The van der Waals surface area contributed by atoms with E-state index in [1.165, 1.54) is 7.11 Å². The van der Waals surface area contributed by atoms with E-state index < -0.39 is 0 Å². The second kappa shape index (κ2) is 4.75. The Hall–Kier alpha value is -1.55. The average molecular weight is 236 g/mol. The van der Waals surface area contributed by atoms with Gasteiger partial charge in [0.25, 0.3) is 0 Å². The Kier molecular flexibility index (Phi) is 3.33. The van der Waals surface area contributed by atoms with Gasteiger partial charge >= 0.3 is 5.97 Å². The molecule has 4 nitrogen and oxygen atoms in total. The first-order chi connectivity index (χ1) is 8.24. The van der Waals surface area contributed by atoms with Gasteiger partial charge in [0, 0.05) is 18.4 Å². The Morgan fingerprint density at radius 3 is 2.65 bits per heavy atom. The van der Waals surface area contributed by atoms with Crippen molar-refractivity contribution in [3.8, 4) is 5.75 Å². The second-order valence-corrected chi connectivity index (χ2v) is 4.16. The summed E-state index contributed by atoms with van der Waals surface area (Å²) in [4.78, 5) is 11.6. The minimum atomic E-state index is -0.264. The molecule has 0 radical (unpaired) electrons. The quantitative estimate of drug-likeness (QED) is 0.798. The molecule has 1 saturated carbocycles. The number of para-hydroxylation sites is 1. The second-order valence-electron chi connectivity index (χ2n) is 4.16. The van der Waals surface area contributed by atoms with Crippen molar-refractivity contribution in [1.82, 2.24) is 0 Å². The molecule has 2 rings (SSSR count). The van der Waals surface area contributed by atoms with Gasteiger partial charge in [-0.2, -0.15) is 0 Å². The number of aliphatic hydroxyl groups is 1. The van der Waals surface area contributed by atoms with Crippen molar-refractivity contribution in [2.75, 3.05) is 20.8 Å². The number of aliphatic hydroxyl groups excluding tert-OH is 1. The predicted molar refractivity (Wildman–Crippen MR) is 61.8 cm³/mol. The SMILES string of the molecule is COC(=O)C1C(CO)C1c1ccccc1OC. The van der Waals surface area contributed by atoms with E-state index in [9.17, 15) is 9.90 Å². The molecule has 0 aromatic heterocycles. The lowest BCUT2D eigenvalue weighted by molar-refractivity contribution is -0.142. The Balaban J connectivity index is 2.26. The van der Waals surface area contributed by atoms with Crippen LogP contribution in [0.5, 0.6) is 5.75 Å². The molecule has 0 aliphatic heterocycles. The Labute approximate surface area is 100 Å². The largest absolute Gasteiger partial charge is 0.496 e. The third-order valence-corrected chi connectivity index (χ3v) is 3.35. The number of carbonyl (C=O) groups excluding carboxylic acids is 1. The lowest BCUT2D eigenvalue weighted by Gasteiger charge is -2.07. The zero-order valence-electron chi connectivity index (χ0n) is 9.92. The molecule has 1 aromatic carbocycles. The fourth-order valence-electron chi connectivity index (χ4n) is 2.42. The van der Waals surface area contributed by atoms with Gasteiger partial charge < -0.3 is 14.6 Å². The first kappa shape index (κ1) is 11.9. The number of esters is 1. The van der Waals surface area contributed by atoms with Gasteiger partial charge in [-0.25, -0.2) is 0 Å². The lowest BCUT2D eigenvalue weighted by atomic mass is 10.1. The van der Waals surface area contributed by atoms with Crippen LogP contribution in [0, 0.1) is 11.8 Å². The molecule has 1 aliphatic carbocycles. The van der Waals surface area contributed by atoms with E-state index in [1.54, 1.807) is 7.11 Å². The predicted octanol–water partition coefficient (Wildman–Crippen LogP) is 1.19. The van der Waals surface area contributed by atoms with Crippen LogP contribution < -0.4 is 4.74 Å². The summed E-state index contributed by atoms with van der Waals surface area (Å²) >= 11 is 0. The molecule has 3 unspecified atom stereocenters. The number of benzene rings is 1. The first-order valence-corrected chi connectivity index (χ1v) is 5.56. The van der Waals surface area contributed by atoms with Crippen molar-refractivity contribution in [3.05, 3.63) is 29.8 Å². The van der Waals surface area contributed by atoms with Gasteiger partial charge in [0.2, 0.25) is 0 Å². The molecule has 0 bridgehead atoms. The number of hydrogen-bond acceptors (Lipinski definition) is 4. The van der Waals surface area contributed by atoms with E-state index in [0.29, 0.717) is 0 Å². The monoisotopic (exact) mass is 236 g/mol. The smallest absolute Gasteiger partial charge is 0.309 e. The highest BCUT2D eigenvalue weighted by molar-refractivity contribution is 5.78. The summed E-state index contributed by atoms with van der Waals surface area (Å²) < 4.78 is 10.0. The molecule has 17 heavy (non-hydrogen) atoms. The Morgan fingerprint density at radius 2 is 2.06 bits per heavy atom. The third-order valence-electron chi connectivity index (χ3n) is 3.35. The van der Waals surface area contributed by atoms with Gasteiger partial charge in [0.15, 0.2) is 0 Å². The number of ether oxygens (including phenoxy) is 2. The van der Waals surface area contributed by atoms with Crippen LogP contribution in [0.3, 0.4) is 0 Å². The summed E-state index contributed by atoms with van der Waals surface area (Å²) in [5, 5.41) is 9.27. The van der Waals surface area contributed by atoms with E-state index in [4.69, 9.17) is 9.47 Å². The molecule has 92 valence electrons. The highest BCUT2D eigenvalue weighted by Gasteiger charge is 2.56. The topological polar surface area (TPSA) is 55.8 Å². The summed E-state index contributed by atoms with van der Waals surface area (Å²) in [6, 6.07) is 7.57. The first-order valence-electron chi connectivity index (χ1n) is 5.56. The standard InChI is InChI=1S/C13H16O4/c1-16-10-6-4-3-5-8(10)11-9(7-14)12(11)13(15)17-2/h3-6,9,11-12,14H,7H2,1-2H3. The van der Waals surface area contributed by atoms with Crippen LogP contribution in [0.15, 0.2) is 24.3 Å². The number of carbonyl (C=O) groups is 1. The van der Waals surface area contributed by atoms with Crippen molar-refractivity contribution < 1.29 is 19.4 Å². The fourth-order valence-corrected chi connectivity index (χ4v) is 2.42. The number of rotatable bonds is 4. The molecule has 1 aromatic rings. The molecule has 3 atom stereocenters. The molecule has 1 fully saturated rings. The molecule has 4 heteroatoms. The Bertz CT molecular complexity index is 416. The van der Waals surface area contributed by atoms with Gasteiger partial charge in [-0.1, -0.05) is 18.2 Å². The molecule has 1 N–H and O–H groups in total. The van der Waals surface area contributed by atoms with Gasteiger partial charge in [0.1, 0.15) is 5.75 Å². The molecular formula is C13H16O4. The third kappa shape index (κ3) is 2.00. The normalized spacial score (nSPS) is 26.4. The molecule has 0 saturated heterocycles. The van der Waals surface area contributed by atoms with E-state index in [-0.39, 0.29) is 30.3 Å². The van der Waals surface area contributed by atoms with E-state index in [0.717, 1.165) is 11.3 Å². The summed E-state index contributed by atoms with van der Waals surface area (Å²) in [6.07, 6.45) is 0. The summed E-state index contributed by atoms with van der Waals surface area (Å²) in [5.74, 6) is 0.186. The Morgan fingerprint density at radius 1 is 1.35 bits per heavy atom. The van der Waals surface area contributed by atoms with Crippen LogP contribution in [0.1, 0.15) is 11.5 Å². The van der Waals surface area contributed by atoms with Gasteiger partial charge in [-0.05, 0) is 11.6 Å². The van der Waals surface area contributed by atoms with Crippen LogP contribution in [0.25, 0.3) is 0 Å². The maximum Gasteiger partial charge on any atom is 0.309 e. The number of hydrogen-bond donors (Lipinski definition) is 1. The molecule has 1 aliphatic rings. The molecule has 0 heterocycles. The lowest BCUT2D eigenvalue weighted by Crippen LogP contribution is -2.06. The maximum atomic E-state index is 11.6. The highest BCUT2D eigenvalue weighted by Crippen LogP contribution is 2.56. The maximum absolute atomic E-state index is 11.6. The molecule has 0 amide bonds. The average Bonchev–Trinajstić information content (AvgIpc) is 3.11. The van der Waals surface area contributed by atoms with Crippen molar-refractivity contribution in [2.45, 2.75) is 5.92 Å². The highest BCUT2D eigenvalue weighted by atomic mass is 16.5. The van der Waals surface area contributed by atoms with Gasteiger partial charge in [0.05, 0.1) is 20.1 Å². The zero-order chi connectivity index (χ0) is 12.4. The zero-order valence-corrected chi connectivity index (χ0v) is 9.92. The van der Waals surface area contributed by atoms with Crippen LogP contribution >= 0.6 is 0 Å². The van der Waals surface area contributed by atoms with Crippen LogP contribution in [-0.2, 0) is 9.53 Å². The van der Waals surface area contributed by atoms with Gasteiger partial charge in [-0.3, -0.25) is 4.79 Å². The minimum absolute atomic E-state index is 0.00333. The number of methoxy groups -OCH3 is 2. The van der Waals surface area contributed by atoms with Crippen molar-refractivity contribution in [2.24, 2.45) is 11.8 Å². The molecular weight excluding hydrogens is 220 g/mol. The minimum Gasteiger partial charge on any atom is -0.496 e. The van der Waals surface area contributed by atoms with Crippen LogP contribution in [0.2, 0.25) is 0 Å². The summed E-state index contributed by atoms with van der Waals surface area (Å²) in [5.41, 5.74) is 0.962. The summed E-state index contributed by atoms with van der Waals surface area (Å²) in [7, 11) is 2.97. The fraction of sp³-hybridized carbons (Fsp3) is 0.462. The van der Waals surface area contributed by atoms with Crippen LogP contribution in [0.4, 0.5) is 0 Å². The van der Waals surface area contributed by atoms with E-state index in [2.05, 4.69) is 0 Å². The summed E-state index contributed by atoms with van der Waals surface area (Å²) in [6.45, 7) is -0.0114. The molecule has 0 spiro atoms. The van der Waals surface area contributed by atoms with Crippen molar-refractivity contribution in [1.29, 1.82) is 0 Å². The van der Waals surface area contributed by atoms with Crippen LogP contribution in [-0.4, -0.2) is 31.9 Å².